The molecule has 130 valence electrons. The maximum atomic E-state index is 4.64. The summed E-state index contributed by atoms with van der Waals surface area (Å²) in [7, 11) is 0. The molecular weight excluding hydrogens is 314 g/mol. The third-order valence-corrected chi connectivity index (χ3v) is 4.52. The molecule has 1 atom stereocenters. The summed E-state index contributed by atoms with van der Waals surface area (Å²) in [6.45, 7) is 5.83. The lowest BCUT2D eigenvalue weighted by atomic mass is 10.1. The number of para-hydroxylation sites is 1. The lowest BCUT2D eigenvalue weighted by Gasteiger charge is -2.23. The summed E-state index contributed by atoms with van der Waals surface area (Å²) in [6.07, 6.45) is 4.01. The van der Waals surface area contributed by atoms with Gasteiger partial charge in [0.15, 0.2) is 5.82 Å². The second-order valence-electron chi connectivity index (χ2n) is 6.83. The van der Waals surface area contributed by atoms with Crippen molar-refractivity contribution in [2.24, 2.45) is 0 Å². The van der Waals surface area contributed by atoms with Gasteiger partial charge in [-0.3, -0.25) is 0 Å². The SMILES string of the molecule is CC(C)c1nc2n(n1)CC(NCc1cn(-c3ccccc3)nn1)CC2. The number of nitrogens with one attached hydrogen (secondary N) is 1. The van der Waals surface area contributed by atoms with Crippen LogP contribution in [0.25, 0.3) is 5.69 Å². The van der Waals surface area contributed by atoms with E-state index in [1.54, 1.807) is 0 Å². The Bertz CT molecular complexity index is 834. The van der Waals surface area contributed by atoms with Crippen molar-refractivity contribution in [1.29, 1.82) is 0 Å². The van der Waals surface area contributed by atoms with E-state index in [1.165, 1.54) is 0 Å². The Morgan fingerprint density at radius 1 is 1.24 bits per heavy atom. The molecule has 0 saturated carbocycles. The molecule has 7 nitrogen and oxygen atoms in total. The molecule has 7 heteroatoms. The van der Waals surface area contributed by atoms with Crippen molar-refractivity contribution in [3.63, 3.8) is 0 Å². The van der Waals surface area contributed by atoms with Gasteiger partial charge in [-0.1, -0.05) is 37.3 Å². The van der Waals surface area contributed by atoms with E-state index in [0.717, 1.165) is 42.4 Å². The highest BCUT2D eigenvalue weighted by Gasteiger charge is 2.22. The first kappa shape index (κ1) is 16.0. The molecular formula is C18H23N7. The molecule has 4 rings (SSSR count). The van der Waals surface area contributed by atoms with Crippen LogP contribution in [-0.2, 0) is 19.5 Å². The van der Waals surface area contributed by atoms with E-state index in [1.807, 2.05) is 41.2 Å². The molecule has 1 unspecified atom stereocenters. The van der Waals surface area contributed by atoms with Crippen molar-refractivity contribution >= 4 is 0 Å². The predicted octanol–water partition coefficient (Wildman–Crippen LogP) is 2.09. The summed E-state index contributed by atoms with van der Waals surface area (Å²) in [4.78, 5) is 4.64. The van der Waals surface area contributed by atoms with Crippen LogP contribution in [0.3, 0.4) is 0 Å². The maximum Gasteiger partial charge on any atom is 0.153 e. The zero-order valence-corrected chi connectivity index (χ0v) is 14.6. The average molecular weight is 337 g/mol. The van der Waals surface area contributed by atoms with Gasteiger partial charge in [0.1, 0.15) is 5.82 Å². The molecule has 3 aromatic rings. The Morgan fingerprint density at radius 2 is 2.08 bits per heavy atom. The Labute approximate surface area is 147 Å². The smallest absolute Gasteiger partial charge is 0.153 e. The highest BCUT2D eigenvalue weighted by atomic mass is 15.4. The summed E-state index contributed by atoms with van der Waals surface area (Å²) in [5, 5.41) is 16.7. The van der Waals surface area contributed by atoms with Crippen LogP contribution < -0.4 is 5.32 Å². The van der Waals surface area contributed by atoms with Gasteiger partial charge in [0.25, 0.3) is 0 Å². The van der Waals surface area contributed by atoms with Gasteiger partial charge in [-0.05, 0) is 18.6 Å². The van der Waals surface area contributed by atoms with Crippen molar-refractivity contribution in [2.75, 3.05) is 0 Å². The minimum absolute atomic E-state index is 0.373. The summed E-state index contributed by atoms with van der Waals surface area (Å²) in [5.74, 6) is 2.43. The maximum absolute atomic E-state index is 4.64. The zero-order valence-electron chi connectivity index (χ0n) is 14.6. The lowest BCUT2D eigenvalue weighted by molar-refractivity contribution is 0.356. The predicted molar refractivity (Wildman–Crippen MR) is 94.4 cm³/mol. The molecule has 0 fully saturated rings. The van der Waals surface area contributed by atoms with Gasteiger partial charge in [-0.15, -0.1) is 5.10 Å². The van der Waals surface area contributed by atoms with Gasteiger partial charge in [0.2, 0.25) is 0 Å². The number of aryl methyl sites for hydroxylation is 1. The molecule has 1 aliphatic heterocycles. The minimum atomic E-state index is 0.373. The van der Waals surface area contributed by atoms with Gasteiger partial charge in [-0.25, -0.2) is 14.3 Å². The molecule has 0 amide bonds. The Morgan fingerprint density at radius 3 is 2.88 bits per heavy atom. The first-order valence-corrected chi connectivity index (χ1v) is 8.82. The van der Waals surface area contributed by atoms with Gasteiger partial charge in [0, 0.05) is 24.9 Å². The molecule has 0 saturated heterocycles. The molecule has 1 aromatic carbocycles. The second kappa shape index (κ2) is 6.76. The number of rotatable bonds is 5. The molecule has 25 heavy (non-hydrogen) atoms. The van der Waals surface area contributed by atoms with Crippen LogP contribution in [0.1, 0.15) is 43.5 Å². The molecule has 0 spiro atoms. The fourth-order valence-electron chi connectivity index (χ4n) is 3.07. The van der Waals surface area contributed by atoms with Gasteiger partial charge in [0.05, 0.1) is 24.1 Å². The van der Waals surface area contributed by atoms with E-state index < -0.39 is 0 Å². The van der Waals surface area contributed by atoms with Crippen molar-refractivity contribution in [3.05, 3.63) is 53.9 Å². The van der Waals surface area contributed by atoms with Crippen LogP contribution >= 0.6 is 0 Å². The monoisotopic (exact) mass is 337 g/mol. The van der Waals surface area contributed by atoms with Crippen molar-refractivity contribution < 1.29 is 0 Å². The topological polar surface area (TPSA) is 73.5 Å². The van der Waals surface area contributed by atoms with E-state index >= 15 is 0 Å². The average Bonchev–Trinajstić information content (AvgIpc) is 3.27. The molecule has 0 radical (unpaired) electrons. The van der Waals surface area contributed by atoms with Gasteiger partial charge in [-0.2, -0.15) is 5.10 Å². The standard InChI is InChI=1S/C18H23N7/c1-13(2)18-20-17-9-8-14(11-25(17)22-18)19-10-15-12-24(23-21-15)16-6-4-3-5-7-16/h3-7,12-14,19H,8-11H2,1-2H3. The third-order valence-electron chi connectivity index (χ3n) is 4.52. The largest absolute Gasteiger partial charge is 0.306 e. The first-order valence-electron chi connectivity index (χ1n) is 8.82. The Kier molecular flexibility index (Phi) is 4.31. The van der Waals surface area contributed by atoms with E-state index in [0.29, 0.717) is 18.5 Å². The molecule has 3 heterocycles. The Hall–Kier alpha value is -2.54. The lowest BCUT2D eigenvalue weighted by Crippen LogP contribution is -2.37. The summed E-state index contributed by atoms with van der Waals surface area (Å²) in [5.41, 5.74) is 1.96. The minimum Gasteiger partial charge on any atom is -0.306 e. The van der Waals surface area contributed by atoms with Crippen LogP contribution in [-0.4, -0.2) is 35.8 Å². The second-order valence-corrected chi connectivity index (χ2v) is 6.83. The van der Waals surface area contributed by atoms with E-state index in [2.05, 4.69) is 44.2 Å². The number of nitrogens with zero attached hydrogens (tertiary/aromatic N) is 6. The van der Waals surface area contributed by atoms with E-state index in [9.17, 15) is 0 Å². The zero-order chi connectivity index (χ0) is 17.2. The van der Waals surface area contributed by atoms with Crippen LogP contribution in [0.15, 0.2) is 36.5 Å². The van der Waals surface area contributed by atoms with Gasteiger partial charge >= 0.3 is 0 Å². The Balaban J connectivity index is 1.37. The summed E-state index contributed by atoms with van der Waals surface area (Å²) < 4.78 is 3.86. The van der Waals surface area contributed by atoms with E-state index in [-0.39, 0.29) is 0 Å². The van der Waals surface area contributed by atoms with Crippen molar-refractivity contribution in [2.45, 2.75) is 51.7 Å². The number of hydrogen-bond acceptors (Lipinski definition) is 5. The highest BCUT2D eigenvalue weighted by Crippen LogP contribution is 2.17. The normalized spacial score (nSPS) is 17.0. The van der Waals surface area contributed by atoms with Gasteiger partial charge < -0.3 is 5.32 Å². The first-order chi connectivity index (χ1) is 12.2. The van der Waals surface area contributed by atoms with Crippen LogP contribution in [0.2, 0.25) is 0 Å². The fraction of sp³-hybridized carbons (Fsp3) is 0.444. The molecule has 2 aromatic heterocycles. The quantitative estimate of drug-likeness (QED) is 0.772. The molecule has 1 N–H and O–H groups in total. The van der Waals surface area contributed by atoms with E-state index in [4.69, 9.17) is 0 Å². The summed E-state index contributed by atoms with van der Waals surface area (Å²) >= 11 is 0. The van der Waals surface area contributed by atoms with Crippen LogP contribution in [0, 0.1) is 0 Å². The van der Waals surface area contributed by atoms with Crippen molar-refractivity contribution in [3.8, 4) is 5.69 Å². The van der Waals surface area contributed by atoms with Crippen LogP contribution in [0.4, 0.5) is 0 Å². The highest BCUT2D eigenvalue weighted by molar-refractivity contribution is 5.29. The molecule has 1 aliphatic rings. The van der Waals surface area contributed by atoms with Crippen molar-refractivity contribution in [1.82, 2.24) is 35.1 Å². The third kappa shape index (κ3) is 3.46. The summed E-state index contributed by atoms with van der Waals surface area (Å²) in [6, 6.07) is 10.4. The number of aromatic nitrogens is 6. The fourth-order valence-corrected chi connectivity index (χ4v) is 3.07. The molecule has 0 aliphatic carbocycles. The molecule has 0 bridgehead atoms. The number of benzene rings is 1. The van der Waals surface area contributed by atoms with Crippen LogP contribution in [0.5, 0.6) is 0 Å². The number of fused-ring (bicyclic) bond motifs is 1. The number of hydrogen-bond donors (Lipinski definition) is 1.